The van der Waals surface area contributed by atoms with Crippen molar-refractivity contribution in [2.75, 3.05) is 43.5 Å². The number of pyridine rings is 2. The highest BCUT2D eigenvalue weighted by Crippen LogP contribution is 2.38. The molecule has 238 valence electrons. The van der Waals surface area contributed by atoms with Gasteiger partial charge in [0.1, 0.15) is 30.3 Å². The van der Waals surface area contributed by atoms with Crippen LogP contribution in [0, 0.1) is 11.3 Å². The van der Waals surface area contributed by atoms with Gasteiger partial charge in [-0.05, 0) is 43.3 Å². The van der Waals surface area contributed by atoms with Crippen molar-refractivity contribution in [1.29, 1.82) is 5.26 Å². The van der Waals surface area contributed by atoms with Gasteiger partial charge in [0.05, 0.1) is 53.0 Å². The second kappa shape index (κ2) is 16.0. The number of hydrogen-bond acceptors (Lipinski definition) is 10. The monoisotopic (exact) mass is 642 g/mol. The number of anilines is 3. The number of hydrogen-bond donors (Lipinski definition) is 2. The molecule has 4 aromatic rings. The molecule has 3 heterocycles. The zero-order valence-electron chi connectivity index (χ0n) is 25.7. The normalized spacial score (nSPS) is 14.5. The molecule has 1 amide bonds. The zero-order chi connectivity index (χ0) is 32.3. The summed E-state index contributed by atoms with van der Waals surface area (Å²) in [6.07, 6.45) is 6.95. The topological polar surface area (TPSA) is 131 Å². The van der Waals surface area contributed by atoms with Gasteiger partial charge in [0.15, 0.2) is 0 Å². The van der Waals surface area contributed by atoms with E-state index in [2.05, 4.69) is 26.7 Å². The number of likely N-dealkylation sites (N-methyl/N-ethyl adjacent to an activating group) is 1. The van der Waals surface area contributed by atoms with Gasteiger partial charge in [-0.15, -0.1) is 0 Å². The molecule has 0 saturated carbocycles. The van der Waals surface area contributed by atoms with E-state index in [-0.39, 0.29) is 18.6 Å². The number of carbonyl (C=O) groups is 1. The lowest BCUT2D eigenvalue weighted by Crippen LogP contribution is -2.24. The third-order valence-corrected chi connectivity index (χ3v) is 7.37. The molecule has 11 nitrogen and oxygen atoms in total. The Morgan fingerprint density at radius 1 is 1.20 bits per heavy atom. The van der Waals surface area contributed by atoms with Crippen molar-refractivity contribution in [2.24, 2.45) is 0 Å². The van der Waals surface area contributed by atoms with E-state index in [0.29, 0.717) is 83.0 Å². The lowest BCUT2D eigenvalue weighted by atomic mass is 10.1. The molecule has 1 fully saturated rings. The van der Waals surface area contributed by atoms with Gasteiger partial charge < -0.3 is 24.8 Å². The van der Waals surface area contributed by atoms with Crippen LogP contribution in [0.25, 0.3) is 10.9 Å². The molecule has 2 aromatic heterocycles. The molecule has 5 rings (SSSR count). The van der Waals surface area contributed by atoms with Gasteiger partial charge >= 0.3 is 0 Å². The van der Waals surface area contributed by atoms with E-state index in [0.717, 1.165) is 12.1 Å². The first kappa shape index (κ1) is 32.7. The van der Waals surface area contributed by atoms with E-state index in [1.54, 1.807) is 47.7 Å². The van der Waals surface area contributed by atoms with Gasteiger partial charge in [-0.1, -0.05) is 30.7 Å². The maximum atomic E-state index is 13.0. The minimum atomic E-state index is -0.341. The van der Waals surface area contributed by atoms with E-state index in [1.165, 1.54) is 12.3 Å². The fourth-order valence-electron chi connectivity index (χ4n) is 4.80. The number of nitriles is 1. The van der Waals surface area contributed by atoms with Crippen molar-refractivity contribution in [2.45, 2.75) is 33.0 Å². The number of aromatic nitrogens is 2. The van der Waals surface area contributed by atoms with Gasteiger partial charge in [0.2, 0.25) is 5.91 Å². The molecule has 1 saturated heterocycles. The van der Waals surface area contributed by atoms with Crippen LogP contribution in [0.4, 0.5) is 17.1 Å². The predicted octanol–water partition coefficient (Wildman–Crippen LogP) is 6.41. The molecular formula is C34H35ClN6O5. The second-order valence-electron chi connectivity index (χ2n) is 10.3. The Labute approximate surface area is 272 Å². The Morgan fingerprint density at radius 3 is 2.80 bits per heavy atom. The smallest absolute Gasteiger partial charge is 0.248 e. The Bertz CT molecular complexity index is 1720. The fraction of sp³-hybridized carbons (Fsp3) is 0.294. The largest absolute Gasteiger partial charge is 0.486 e. The summed E-state index contributed by atoms with van der Waals surface area (Å²) in [5, 5.41) is 19.0. The van der Waals surface area contributed by atoms with Crippen molar-refractivity contribution < 1.29 is 23.8 Å². The van der Waals surface area contributed by atoms with E-state index in [4.69, 9.17) is 30.6 Å². The molecular weight excluding hydrogens is 608 g/mol. The SMILES string of the molecule is CCON(CC)C/C=C/C(=O)Nc1cc2c(Nc3ccc(OCc4ccccn4)c(Cl)c3)c(C#N)cnc2cc1OC1CCOC1. The van der Waals surface area contributed by atoms with Crippen LogP contribution >= 0.6 is 11.6 Å². The number of amides is 1. The molecule has 1 atom stereocenters. The van der Waals surface area contributed by atoms with Crippen LogP contribution in [0.3, 0.4) is 0 Å². The number of benzene rings is 2. The highest BCUT2D eigenvalue weighted by Gasteiger charge is 2.21. The number of nitrogens with one attached hydrogen (secondary N) is 2. The highest BCUT2D eigenvalue weighted by molar-refractivity contribution is 6.32. The van der Waals surface area contributed by atoms with Crippen molar-refractivity contribution in [1.82, 2.24) is 15.0 Å². The quantitative estimate of drug-likeness (QED) is 0.117. The van der Waals surface area contributed by atoms with Crippen LogP contribution in [0.5, 0.6) is 11.5 Å². The number of hydroxylamine groups is 2. The third-order valence-electron chi connectivity index (χ3n) is 7.07. The average Bonchev–Trinajstić information content (AvgIpc) is 3.58. The lowest BCUT2D eigenvalue weighted by molar-refractivity contribution is -0.143. The average molecular weight is 643 g/mol. The minimum Gasteiger partial charge on any atom is -0.486 e. The van der Waals surface area contributed by atoms with Gasteiger partial charge in [-0.2, -0.15) is 10.3 Å². The maximum Gasteiger partial charge on any atom is 0.248 e. The summed E-state index contributed by atoms with van der Waals surface area (Å²) < 4.78 is 17.6. The summed E-state index contributed by atoms with van der Waals surface area (Å²) in [6.45, 7) is 6.89. The second-order valence-corrected chi connectivity index (χ2v) is 10.7. The van der Waals surface area contributed by atoms with Crippen LogP contribution < -0.4 is 20.1 Å². The zero-order valence-corrected chi connectivity index (χ0v) is 26.4. The summed E-state index contributed by atoms with van der Waals surface area (Å²) in [5.74, 6) is 0.610. The van der Waals surface area contributed by atoms with Gasteiger partial charge in [-0.25, -0.2) is 0 Å². The predicted molar refractivity (Wildman–Crippen MR) is 176 cm³/mol. The first-order chi connectivity index (χ1) is 22.5. The van der Waals surface area contributed by atoms with Crippen molar-refractivity contribution in [3.8, 4) is 17.6 Å². The molecule has 1 unspecified atom stereocenters. The summed E-state index contributed by atoms with van der Waals surface area (Å²) in [6, 6.07) is 16.6. The molecule has 2 N–H and O–H groups in total. The highest BCUT2D eigenvalue weighted by atomic mass is 35.5. The van der Waals surface area contributed by atoms with Crippen LogP contribution in [0.15, 0.2) is 73.1 Å². The Morgan fingerprint density at radius 2 is 2.09 bits per heavy atom. The molecule has 1 aliphatic rings. The van der Waals surface area contributed by atoms with E-state index in [1.807, 2.05) is 32.0 Å². The molecule has 46 heavy (non-hydrogen) atoms. The van der Waals surface area contributed by atoms with Crippen LogP contribution in [0.2, 0.25) is 5.02 Å². The number of ether oxygens (including phenoxy) is 3. The van der Waals surface area contributed by atoms with Crippen molar-refractivity contribution >= 4 is 45.5 Å². The standard InChI is InChI=1S/C34H35ClN6O5/c1-3-41(45-4-2)14-7-9-33(42)40-30-17-27-29(18-32(30)46-26-12-15-43-22-26)38-20-23(19-36)34(27)39-24-10-11-31(28(35)16-24)44-21-25-8-5-6-13-37-25/h5-11,13,16-18,20,26H,3-4,12,14-15,21-22H2,1-2H3,(H,38,39)(H,40,42)/b9-7+. The van der Waals surface area contributed by atoms with Crippen molar-refractivity contribution in [3.63, 3.8) is 0 Å². The number of fused-ring (bicyclic) bond motifs is 1. The van der Waals surface area contributed by atoms with Crippen LogP contribution in [-0.2, 0) is 21.0 Å². The van der Waals surface area contributed by atoms with Crippen molar-refractivity contribution in [3.05, 3.63) is 89.4 Å². The number of halogens is 1. The number of rotatable bonds is 14. The van der Waals surface area contributed by atoms with Gasteiger partial charge in [-0.3, -0.25) is 19.6 Å². The summed E-state index contributed by atoms with van der Waals surface area (Å²) >= 11 is 6.57. The molecule has 0 radical (unpaired) electrons. The molecule has 0 aliphatic carbocycles. The fourth-order valence-corrected chi connectivity index (χ4v) is 5.04. The number of nitrogens with zero attached hydrogens (tertiary/aromatic N) is 4. The molecule has 12 heteroatoms. The van der Waals surface area contributed by atoms with Crippen LogP contribution in [0.1, 0.15) is 31.5 Å². The first-order valence-electron chi connectivity index (χ1n) is 15.0. The summed E-state index contributed by atoms with van der Waals surface area (Å²) in [7, 11) is 0. The Hall–Kier alpha value is -4.73. The summed E-state index contributed by atoms with van der Waals surface area (Å²) in [5.41, 5.74) is 3.22. The van der Waals surface area contributed by atoms with Crippen LogP contribution in [-0.4, -0.2) is 60.0 Å². The van der Waals surface area contributed by atoms with Gasteiger partial charge in [0, 0.05) is 55.1 Å². The molecule has 2 aromatic carbocycles. The lowest BCUT2D eigenvalue weighted by Gasteiger charge is -2.19. The minimum absolute atomic E-state index is 0.163. The van der Waals surface area contributed by atoms with E-state index in [9.17, 15) is 10.1 Å². The first-order valence-corrected chi connectivity index (χ1v) is 15.4. The molecule has 0 spiro atoms. The Kier molecular flexibility index (Phi) is 11.4. The van der Waals surface area contributed by atoms with Gasteiger partial charge in [0.25, 0.3) is 0 Å². The molecule has 0 bridgehead atoms. The summed E-state index contributed by atoms with van der Waals surface area (Å²) in [4.78, 5) is 27.3. The Balaban J connectivity index is 1.43. The van der Waals surface area contributed by atoms with E-state index >= 15 is 0 Å². The number of carbonyl (C=O) groups excluding carboxylic acids is 1. The third kappa shape index (κ3) is 8.50. The maximum absolute atomic E-state index is 13.0. The van der Waals surface area contributed by atoms with E-state index < -0.39 is 0 Å². The molecule has 1 aliphatic heterocycles.